The number of hydrogen-bond donors (Lipinski definition) is 1. The Morgan fingerprint density at radius 3 is 2.10 bits per heavy atom. The number of aliphatic hydroxyl groups excluding tert-OH is 1. The molecule has 0 aliphatic heterocycles. The molecule has 0 bridgehead atoms. The Hall–Kier alpha value is -0.930. The van der Waals surface area contributed by atoms with E-state index in [-0.39, 0.29) is 0 Å². The zero-order valence-corrected chi connectivity index (χ0v) is 13.5. The molecule has 1 aromatic rings. The SMILES string of the molecule is CCOc1cc(Cl)c(C(O)CCC(C)C)cc1OCC. The van der Waals surface area contributed by atoms with Gasteiger partial charge >= 0.3 is 0 Å². The zero-order valence-electron chi connectivity index (χ0n) is 12.8. The molecular formula is C16H25ClO3. The number of aliphatic hydroxyl groups is 1. The molecule has 1 atom stereocenters. The number of ether oxygens (including phenoxy) is 2. The van der Waals surface area contributed by atoms with Crippen molar-refractivity contribution in [2.45, 2.75) is 46.6 Å². The van der Waals surface area contributed by atoms with Gasteiger partial charge in [0, 0.05) is 11.6 Å². The van der Waals surface area contributed by atoms with E-state index in [9.17, 15) is 5.11 Å². The first kappa shape index (κ1) is 17.1. The third-order valence-electron chi connectivity index (χ3n) is 3.04. The minimum Gasteiger partial charge on any atom is -0.490 e. The molecule has 0 saturated heterocycles. The molecule has 0 heterocycles. The molecule has 0 fully saturated rings. The number of rotatable bonds is 8. The van der Waals surface area contributed by atoms with Crippen molar-refractivity contribution in [2.24, 2.45) is 5.92 Å². The normalized spacial score (nSPS) is 12.6. The molecule has 0 aliphatic carbocycles. The number of hydrogen-bond acceptors (Lipinski definition) is 3. The first-order valence-corrected chi connectivity index (χ1v) is 7.64. The minimum atomic E-state index is -0.570. The van der Waals surface area contributed by atoms with E-state index < -0.39 is 6.10 Å². The smallest absolute Gasteiger partial charge is 0.162 e. The van der Waals surface area contributed by atoms with Gasteiger partial charge in [0.1, 0.15) is 0 Å². The Morgan fingerprint density at radius 2 is 1.60 bits per heavy atom. The largest absolute Gasteiger partial charge is 0.490 e. The highest BCUT2D eigenvalue weighted by atomic mass is 35.5. The summed E-state index contributed by atoms with van der Waals surface area (Å²) in [6.07, 6.45) is 1.07. The van der Waals surface area contributed by atoms with Crippen LogP contribution in [0.3, 0.4) is 0 Å². The van der Waals surface area contributed by atoms with Crippen LogP contribution in [0, 0.1) is 5.92 Å². The van der Waals surface area contributed by atoms with E-state index in [1.807, 2.05) is 13.8 Å². The highest BCUT2D eigenvalue weighted by Crippen LogP contribution is 2.37. The summed E-state index contributed by atoms with van der Waals surface area (Å²) in [5, 5.41) is 10.8. The second kappa shape index (κ2) is 8.38. The summed E-state index contributed by atoms with van der Waals surface area (Å²) in [6, 6.07) is 3.52. The lowest BCUT2D eigenvalue weighted by molar-refractivity contribution is 0.158. The van der Waals surface area contributed by atoms with Crippen LogP contribution in [0.25, 0.3) is 0 Å². The van der Waals surface area contributed by atoms with Crippen molar-refractivity contribution in [3.05, 3.63) is 22.7 Å². The van der Waals surface area contributed by atoms with Gasteiger partial charge in [0.25, 0.3) is 0 Å². The summed E-state index contributed by atoms with van der Waals surface area (Å²) >= 11 is 6.25. The minimum absolute atomic E-state index is 0.521. The third-order valence-corrected chi connectivity index (χ3v) is 3.37. The fraction of sp³-hybridized carbons (Fsp3) is 0.625. The van der Waals surface area contributed by atoms with Crippen LogP contribution in [0.1, 0.15) is 52.2 Å². The van der Waals surface area contributed by atoms with E-state index in [1.165, 1.54) is 0 Å². The van der Waals surface area contributed by atoms with Gasteiger partial charge < -0.3 is 14.6 Å². The lowest BCUT2D eigenvalue weighted by atomic mass is 9.99. The van der Waals surface area contributed by atoms with Crippen LogP contribution in [-0.2, 0) is 0 Å². The van der Waals surface area contributed by atoms with Gasteiger partial charge in [-0.3, -0.25) is 0 Å². The highest BCUT2D eigenvalue weighted by molar-refractivity contribution is 6.31. The third kappa shape index (κ3) is 4.88. The summed E-state index contributed by atoms with van der Waals surface area (Å²) in [4.78, 5) is 0. The Kier molecular flexibility index (Phi) is 7.17. The monoisotopic (exact) mass is 300 g/mol. The topological polar surface area (TPSA) is 38.7 Å². The van der Waals surface area contributed by atoms with Gasteiger partial charge in [0.2, 0.25) is 0 Å². The Bertz CT molecular complexity index is 418. The maximum absolute atomic E-state index is 10.3. The molecule has 1 N–H and O–H groups in total. The maximum Gasteiger partial charge on any atom is 0.162 e. The van der Waals surface area contributed by atoms with Crippen molar-refractivity contribution in [1.29, 1.82) is 0 Å². The van der Waals surface area contributed by atoms with Crippen molar-refractivity contribution < 1.29 is 14.6 Å². The standard InChI is InChI=1S/C16H25ClO3/c1-5-19-15-9-12(14(18)8-7-11(3)4)13(17)10-16(15)20-6-2/h9-11,14,18H,5-8H2,1-4H3. The average Bonchev–Trinajstić information content (AvgIpc) is 2.39. The summed E-state index contributed by atoms with van der Waals surface area (Å²) in [6.45, 7) is 9.19. The van der Waals surface area contributed by atoms with Crippen LogP contribution in [0.4, 0.5) is 0 Å². The molecule has 0 aromatic heterocycles. The molecule has 0 amide bonds. The summed E-state index contributed by atoms with van der Waals surface area (Å²) < 4.78 is 11.1. The predicted molar refractivity (Wildman–Crippen MR) is 82.8 cm³/mol. The van der Waals surface area contributed by atoms with Crippen LogP contribution in [0.5, 0.6) is 11.5 Å². The lowest BCUT2D eigenvalue weighted by Crippen LogP contribution is -2.04. The van der Waals surface area contributed by atoms with Gasteiger partial charge in [-0.1, -0.05) is 25.4 Å². The van der Waals surface area contributed by atoms with Gasteiger partial charge in [0.05, 0.1) is 24.3 Å². The van der Waals surface area contributed by atoms with Crippen LogP contribution in [-0.4, -0.2) is 18.3 Å². The predicted octanol–water partition coefficient (Wildman–Crippen LogP) is 4.61. The fourth-order valence-electron chi connectivity index (χ4n) is 1.99. The molecular weight excluding hydrogens is 276 g/mol. The number of halogens is 1. The maximum atomic E-state index is 10.3. The Morgan fingerprint density at radius 1 is 1.05 bits per heavy atom. The molecule has 0 aliphatic rings. The van der Waals surface area contributed by atoms with E-state index in [2.05, 4.69) is 13.8 Å². The van der Waals surface area contributed by atoms with E-state index in [0.717, 1.165) is 6.42 Å². The van der Waals surface area contributed by atoms with Crippen molar-refractivity contribution in [3.63, 3.8) is 0 Å². The zero-order chi connectivity index (χ0) is 15.1. The average molecular weight is 301 g/mol. The molecule has 0 spiro atoms. The van der Waals surface area contributed by atoms with Gasteiger partial charge in [-0.05, 0) is 38.7 Å². The molecule has 0 radical (unpaired) electrons. The van der Waals surface area contributed by atoms with Crippen molar-refractivity contribution in [2.75, 3.05) is 13.2 Å². The second-order valence-corrected chi connectivity index (χ2v) is 5.58. The summed E-state index contributed by atoms with van der Waals surface area (Å²) in [5.74, 6) is 1.81. The molecule has 20 heavy (non-hydrogen) atoms. The molecule has 0 saturated carbocycles. The van der Waals surface area contributed by atoms with E-state index in [0.29, 0.717) is 47.6 Å². The fourth-order valence-corrected chi connectivity index (χ4v) is 2.27. The van der Waals surface area contributed by atoms with E-state index >= 15 is 0 Å². The van der Waals surface area contributed by atoms with Crippen LogP contribution in [0.2, 0.25) is 5.02 Å². The Labute approximate surface area is 126 Å². The number of benzene rings is 1. The second-order valence-electron chi connectivity index (χ2n) is 5.17. The van der Waals surface area contributed by atoms with Crippen LogP contribution in [0.15, 0.2) is 12.1 Å². The van der Waals surface area contributed by atoms with Crippen LogP contribution >= 0.6 is 11.6 Å². The van der Waals surface area contributed by atoms with Crippen molar-refractivity contribution >= 4 is 11.6 Å². The molecule has 1 unspecified atom stereocenters. The van der Waals surface area contributed by atoms with Crippen LogP contribution < -0.4 is 9.47 Å². The van der Waals surface area contributed by atoms with E-state index in [4.69, 9.17) is 21.1 Å². The van der Waals surface area contributed by atoms with E-state index in [1.54, 1.807) is 12.1 Å². The first-order chi connectivity index (χ1) is 9.49. The van der Waals surface area contributed by atoms with Gasteiger partial charge in [0.15, 0.2) is 11.5 Å². The summed E-state index contributed by atoms with van der Waals surface area (Å²) in [7, 11) is 0. The molecule has 3 nitrogen and oxygen atoms in total. The van der Waals surface area contributed by atoms with Crippen molar-refractivity contribution in [3.8, 4) is 11.5 Å². The molecule has 1 aromatic carbocycles. The summed E-state index contributed by atoms with van der Waals surface area (Å²) in [5.41, 5.74) is 0.708. The first-order valence-electron chi connectivity index (χ1n) is 7.26. The van der Waals surface area contributed by atoms with Crippen molar-refractivity contribution in [1.82, 2.24) is 0 Å². The van der Waals surface area contributed by atoms with Gasteiger partial charge in [-0.25, -0.2) is 0 Å². The molecule has 4 heteroatoms. The highest BCUT2D eigenvalue weighted by Gasteiger charge is 2.17. The van der Waals surface area contributed by atoms with Gasteiger partial charge in [-0.2, -0.15) is 0 Å². The Balaban J connectivity index is 2.98. The lowest BCUT2D eigenvalue weighted by Gasteiger charge is -2.18. The quantitative estimate of drug-likeness (QED) is 0.762. The molecule has 1 rings (SSSR count). The molecule has 114 valence electrons. The van der Waals surface area contributed by atoms with Gasteiger partial charge in [-0.15, -0.1) is 0 Å².